The normalized spacial score (nSPS) is 9.64. The Morgan fingerprint density at radius 1 is 1.07 bits per heavy atom. The first kappa shape index (κ1) is 11.4. The van der Waals surface area contributed by atoms with Crippen LogP contribution in [0.3, 0.4) is 0 Å². The fourth-order valence-electron chi connectivity index (χ4n) is 1.02. The van der Waals surface area contributed by atoms with E-state index in [-0.39, 0.29) is 0 Å². The highest BCUT2D eigenvalue weighted by Crippen LogP contribution is 2.07. The van der Waals surface area contributed by atoms with E-state index >= 15 is 0 Å². The first-order chi connectivity index (χ1) is 6.70. The van der Waals surface area contributed by atoms with Gasteiger partial charge in [0.1, 0.15) is 0 Å². The van der Waals surface area contributed by atoms with Crippen molar-refractivity contribution in [2.45, 2.75) is 0 Å². The van der Waals surface area contributed by atoms with Crippen molar-refractivity contribution in [3.8, 4) is 0 Å². The molecule has 0 aliphatic carbocycles. The van der Waals surface area contributed by atoms with Crippen LogP contribution in [0.25, 0.3) is 10.9 Å². The lowest BCUT2D eigenvalue weighted by atomic mass is 10.2. The van der Waals surface area contributed by atoms with Gasteiger partial charge in [-0.05, 0) is 12.1 Å². The van der Waals surface area contributed by atoms with Crippen LogP contribution < -0.4 is 0 Å². The summed E-state index contributed by atoms with van der Waals surface area (Å²) in [6.07, 6.45) is 1.81. The number of hydrogen-bond acceptors (Lipinski definition) is 2. The molecular formula is C9H7Cl2NOS. The second-order valence-corrected chi connectivity index (χ2v) is 4.90. The maximum atomic E-state index is 9.09. The van der Waals surface area contributed by atoms with Crippen molar-refractivity contribution in [2.75, 3.05) is 0 Å². The van der Waals surface area contributed by atoms with Crippen LogP contribution in [0.1, 0.15) is 0 Å². The number of aromatic nitrogens is 1. The highest BCUT2D eigenvalue weighted by atomic mass is 36.0. The molecule has 5 heteroatoms. The molecule has 0 unspecified atom stereocenters. The molecule has 0 saturated heterocycles. The molecule has 1 aromatic heterocycles. The predicted octanol–water partition coefficient (Wildman–Crippen LogP) is 3.28. The first-order valence-electron chi connectivity index (χ1n) is 3.74. The van der Waals surface area contributed by atoms with Crippen molar-refractivity contribution >= 4 is 41.5 Å². The first-order valence-corrected chi connectivity index (χ1v) is 6.54. The largest absolute Gasteiger partial charge is 0.256 e. The Bertz CT molecular complexity index is 366. The third-order valence-electron chi connectivity index (χ3n) is 1.51. The molecule has 1 aromatic carbocycles. The van der Waals surface area contributed by atoms with Crippen molar-refractivity contribution in [3.63, 3.8) is 0 Å². The molecule has 0 bridgehead atoms. The van der Waals surface area contributed by atoms with E-state index in [4.69, 9.17) is 4.21 Å². The summed E-state index contributed by atoms with van der Waals surface area (Å²) in [4.78, 5) is 4.18. The number of para-hydroxylation sites is 1. The van der Waals surface area contributed by atoms with Crippen molar-refractivity contribution in [3.05, 3.63) is 42.6 Å². The van der Waals surface area contributed by atoms with E-state index in [1.165, 1.54) is 5.39 Å². The lowest BCUT2D eigenvalue weighted by molar-refractivity contribution is 0.698. The average Bonchev–Trinajstić information content (AvgIpc) is 2.17. The van der Waals surface area contributed by atoms with Gasteiger partial charge in [0, 0.05) is 32.9 Å². The molecule has 0 aliphatic heterocycles. The maximum absolute atomic E-state index is 9.09. The van der Waals surface area contributed by atoms with Gasteiger partial charge in [-0.25, -0.2) is 4.21 Å². The summed E-state index contributed by atoms with van der Waals surface area (Å²) in [6, 6.07) is 12.1. The molecule has 0 atom stereocenters. The Balaban J connectivity index is 0.000000213. The standard InChI is InChI=1S/C9H7N.Cl2OS/c1-2-6-9-8(4-1)5-3-7-10-9;1-4(2)3/h1-7H;. The molecule has 0 spiro atoms. The predicted molar refractivity (Wildman–Crippen MR) is 61.6 cm³/mol. The van der Waals surface area contributed by atoms with E-state index < -0.39 is 9.23 Å². The maximum Gasteiger partial charge on any atom is 0.211 e. The number of nitrogens with zero attached hydrogens (tertiary/aromatic N) is 1. The minimum Gasteiger partial charge on any atom is -0.256 e. The fourth-order valence-corrected chi connectivity index (χ4v) is 1.02. The van der Waals surface area contributed by atoms with Gasteiger partial charge in [-0.15, -0.1) is 0 Å². The van der Waals surface area contributed by atoms with E-state index in [0.717, 1.165) is 5.52 Å². The Labute approximate surface area is 93.3 Å². The molecule has 2 nitrogen and oxygen atoms in total. The van der Waals surface area contributed by atoms with Crippen LogP contribution in [0, 0.1) is 0 Å². The number of benzene rings is 1. The minimum absolute atomic E-state index is 1.06. The zero-order valence-corrected chi connectivity index (χ0v) is 9.39. The van der Waals surface area contributed by atoms with E-state index in [1.54, 1.807) is 0 Å². The van der Waals surface area contributed by atoms with E-state index in [2.05, 4.69) is 38.5 Å². The number of rotatable bonds is 0. The monoisotopic (exact) mass is 247 g/mol. The topological polar surface area (TPSA) is 30.0 Å². The van der Waals surface area contributed by atoms with E-state index in [1.807, 2.05) is 30.5 Å². The van der Waals surface area contributed by atoms with Crippen molar-refractivity contribution < 1.29 is 4.21 Å². The second kappa shape index (κ2) is 5.96. The van der Waals surface area contributed by atoms with Gasteiger partial charge in [-0.3, -0.25) is 4.98 Å². The Kier molecular flexibility index (Phi) is 4.87. The highest BCUT2D eigenvalue weighted by Gasteiger charge is 1.86. The van der Waals surface area contributed by atoms with Gasteiger partial charge < -0.3 is 0 Å². The van der Waals surface area contributed by atoms with Crippen LogP contribution in [-0.2, 0) is 9.23 Å². The molecule has 0 N–H and O–H groups in total. The van der Waals surface area contributed by atoms with Crippen LogP contribution in [0.4, 0.5) is 0 Å². The van der Waals surface area contributed by atoms with Crippen molar-refractivity contribution in [1.82, 2.24) is 4.98 Å². The van der Waals surface area contributed by atoms with Crippen LogP contribution in [-0.4, -0.2) is 9.19 Å². The molecular weight excluding hydrogens is 241 g/mol. The van der Waals surface area contributed by atoms with E-state index in [9.17, 15) is 0 Å². The summed E-state index contributed by atoms with van der Waals surface area (Å²) in [5.74, 6) is 0. The molecule has 0 radical (unpaired) electrons. The van der Waals surface area contributed by atoms with Gasteiger partial charge >= 0.3 is 0 Å². The van der Waals surface area contributed by atoms with Gasteiger partial charge in [0.2, 0.25) is 9.23 Å². The zero-order valence-electron chi connectivity index (χ0n) is 7.06. The van der Waals surface area contributed by atoms with Gasteiger partial charge in [0.15, 0.2) is 0 Å². The molecule has 14 heavy (non-hydrogen) atoms. The summed E-state index contributed by atoms with van der Waals surface area (Å²) in [6.45, 7) is 0. The fraction of sp³-hybridized carbons (Fsp3) is 0. The zero-order chi connectivity index (χ0) is 10.4. The lowest BCUT2D eigenvalue weighted by Crippen LogP contribution is -1.73. The molecule has 0 aliphatic rings. The summed E-state index contributed by atoms with van der Waals surface area (Å²) < 4.78 is 9.09. The van der Waals surface area contributed by atoms with Crippen molar-refractivity contribution in [1.29, 1.82) is 0 Å². The molecule has 0 amide bonds. The minimum atomic E-state index is -1.67. The molecule has 1 heterocycles. The molecule has 0 saturated carbocycles. The third kappa shape index (κ3) is 4.05. The van der Waals surface area contributed by atoms with Crippen LogP contribution in [0.15, 0.2) is 42.6 Å². The summed E-state index contributed by atoms with van der Waals surface area (Å²) in [7, 11) is 7.36. The average molecular weight is 248 g/mol. The Hall–Kier alpha value is -0.640. The summed E-state index contributed by atoms with van der Waals surface area (Å²) in [5, 5.41) is 1.20. The van der Waals surface area contributed by atoms with Gasteiger partial charge in [-0.1, -0.05) is 24.3 Å². The SMILES string of the molecule is O=S(Cl)Cl.c1ccc2ncccc2c1. The van der Waals surface area contributed by atoms with Crippen LogP contribution in [0.2, 0.25) is 0 Å². The summed E-state index contributed by atoms with van der Waals surface area (Å²) >= 11 is 0. The summed E-state index contributed by atoms with van der Waals surface area (Å²) in [5.41, 5.74) is 1.06. The highest BCUT2D eigenvalue weighted by molar-refractivity contribution is 8.26. The number of hydrogen-bond donors (Lipinski definition) is 0. The second-order valence-electron chi connectivity index (χ2n) is 2.38. The Morgan fingerprint density at radius 2 is 1.64 bits per heavy atom. The third-order valence-corrected chi connectivity index (χ3v) is 1.51. The molecule has 74 valence electrons. The number of halogens is 2. The van der Waals surface area contributed by atoms with Crippen molar-refractivity contribution in [2.24, 2.45) is 0 Å². The number of fused-ring (bicyclic) bond motifs is 1. The van der Waals surface area contributed by atoms with Crippen LogP contribution >= 0.6 is 21.4 Å². The van der Waals surface area contributed by atoms with Gasteiger partial charge in [0.05, 0.1) is 5.52 Å². The molecule has 2 aromatic rings. The van der Waals surface area contributed by atoms with Gasteiger partial charge in [0.25, 0.3) is 0 Å². The molecule has 0 fully saturated rings. The number of pyridine rings is 1. The quantitative estimate of drug-likeness (QED) is 0.669. The molecule has 2 rings (SSSR count). The Morgan fingerprint density at radius 3 is 2.29 bits per heavy atom. The van der Waals surface area contributed by atoms with Gasteiger partial charge in [-0.2, -0.15) is 0 Å². The lowest BCUT2D eigenvalue weighted by Gasteiger charge is -1.91. The van der Waals surface area contributed by atoms with E-state index in [0.29, 0.717) is 0 Å². The van der Waals surface area contributed by atoms with Crippen LogP contribution in [0.5, 0.6) is 0 Å². The smallest absolute Gasteiger partial charge is 0.211 e.